The highest BCUT2D eigenvalue weighted by Gasteiger charge is 2.03. The molecule has 1 aromatic heterocycles. The van der Waals surface area contributed by atoms with Gasteiger partial charge in [0.1, 0.15) is 0 Å². The normalized spacial score (nSPS) is 9.63. The zero-order valence-electron chi connectivity index (χ0n) is 10.3. The van der Waals surface area contributed by atoms with Crippen LogP contribution in [0.25, 0.3) is 0 Å². The third kappa shape index (κ3) is 3.93. The summed E-state index contributed by atoms with van der Waals surface area (Å²) < 4.78 is 0. The van der Waals surface area contributed by atoms with Crippen molar-refractivity contribution in [3.05, 3.63) is 59.9 Å². The van der Waals surface area contributed by atoms with Gasteiger partial charge in [-0.15, -0.1) is 0 Å². The first-order valence-electron chi connectivity index (χ1n) is 5.97. The highest BCUT2D eigenvalue weighted by Crippen LogP contribution is 2.10. The van der Waals surface area contributed by atoms with Crippen LogP contribution in [0.2, 0.25) is 0 Å². The smallest absolute Gasteiger partial charge is 0.224 e. The minimum Gasteiger partial charge on any atom is -0.326 e. The fourth-order valence-electron chi connectivity index (χ4n) is 1.70. The Hall–Kier alpha value is -2.67. The number of rotatable bonds is 4. The van der Waals surface area contributed by atoms with Crippen LogP contribution >= 0.6 is 0 Å². The molecule has 0 radical (unpaired) electrons. The van der Waals surface area contributed by atoms with Gasteiger partial charge in [0, 0.05) is 24.5 Å². The molecule has 0 saturated heterocycles. The molecule has 4 heteroatoms. The van der Waals surface area contributed by atoms with Crippen LogP contribution in [0.3, 0.4) is 0 Å². The van der Waals surface area contributed by atoms with E-state index in [4.69, 9.17) is 5.26 Å². The van der Waals surface area contributed by atoms with Gasteiger partial charge in [0.25, 0.3) is 0 Å². The molecule has 0 aliphatic heterocycles. The monoisotopic (exact) mass is 251 g/mol. The molecule has 1 heterocycles. The molecule has 0 unspecified atom stereocenters. The number of hydrogen-bond acceptors (Lipinski definition) is 3. The zero-order chi connectivity index (χ0) is 13.5. The first-order valence-corrected chi connectivity index (χ1v) is 5.97. The summed E-state index contributed by atoms with van der Waals surface area (Å²) in [6.45, 7) is 0. The van der Waals surface area contributed by atoms with Crippen molar-refractivity contribution in [1.29, 1.82) is 5.26 Å². The van der Waals surface area contributed by atoms with E-state index in [0.29, 0.717) is 24.1 Å². The Morgan fingerprint density at radius 1 is 1.26 bits per heavy atom. The Bertz CT molecular complexity index is 602. The molecule has 1 aromatic carbocycles. The van der Waals surface area contributed by atoms with Crippen molar-refractivity contribution in [2.24, 2.45) is 0 Å². The number of carbonyl (C=O) groups excluding carboxylic acids is 1. The van der Waals surface area contributed by atoms with E-state index in [1.165, 1.54) is 0 Å². The molecule has 1 amide bonds. The summed E-state index contributed by atoms with van der Waals surface area (Å²) in [5.74, 6) is -0.0631. The number of benzene rings is 1. The molecule has 0 bridgehead atoms. The first kappa shape index (κ1) is 12.8. The summed E-state index contributed by atoms with van der Waals surface area (Å²) in [5.41, 5.74) is 2.27. The minimum absolute atomic E-state index is 0.0631. The summed E-state index contributed by atoms with van der Waals surface area (Å²) in [4.78, 5) is 15.7. The van der Waals surface area contributed by atoms with Crippen LogP contribution in [0.1, 0.15) is 17.5 Å². The van der Waals surface area contributed by atoms with Crippen LogP contribution in [0.15, 0.2) is 48.8 Å². The fraction of sp³-hybridized carbons (Fsp3) is 0.133. The van der Waals surface area contributed by atoms with E-state index in [1.54, 1.807) is 36.7 Å². The molecule has 1 N–H and O–H groups in total. The Morgan fingerprint density at radius 2 is 2.05 bits per heavy atom. The second-order valence-electron chi connectivity index (χ2n) is 4.10. The predicted molar refractivity (Wildman–Crippen MR) is 72.3 cm³/mol. The van der Waals surface area contributed by atoms with Gasteiger partial charge in [-0.2, -0.15) is 5.26 Å². The van der Waals surface area contributed by atoms with E-state index in [9.17, 15) is 4.79 Å². The highest BCUT2D eigenvalue weighted by molar-refractivity contribution is 5.90. The lowest BCUT2D eigenvalue weighted by atomic mass is 10.1. The van der Waals surface area contributed by atoms with E-state index in [-0.39, 0.29) is 5.91 Å². The lowest BCUT2D eigenvalue weighted by Crippen LogP contribution is -2.12. The van der Waals surface area contributed by atoms with Gasteiger partial charge in [-0.05, 0) is 42.3 Å². The van der Waals surface area contributed by atoms with Crippen LogP contribution in [0.5, 0.6) is 0 Å². The summed E-state index contributed by atoms with van der Waals surface area (Å²) in [7, 11) is 0. The number of nitrogens with zero attached hydrogens (tertiary/aromatic N) is 2. The number of hydrogen-bond donors (Lipinski definition) is 1. The second-order valence-corrected chi connectivity index (χ2v) is 4.10. The summed E-state index contributed by atoms with van der Waals surface area (Å²) in [6, 6.07) is 12.7. The average molecular weight is 251 g/mol. The predicted octanol–water partition coefficient (Wildman–Crippen LogP) is 2.52. The van der Waals surface area contributed by atoms with E-state index in [2.05, 4.69) is 10.3 Å². The first-order chi connectivity index (χ1) is 9.28. The number of anilines is 1. The number of amides is 1. The maximum absolute atomic E-state index is 11.8. The summed E-state index contributed by atoms with van der Waals surface area (Å²) >= 11 is 0. The molecular formula is C15H13N3O. The molecule has 94 valence electrons. The van der Waals surface area contributed by atoms with E-state index in [0.717, 1.165) is 5.56 Å². The Labute approximate surface area is 111 Å². The third-order valence-electron chi connectivity index (χ3n) is 2.67. The highest BCUT2D eigenvalue weighted by atomic mass is 16.1. The molecule has 2 rings (SSSR count). The van der Waals surface area contributed by atoms with Gasteiger partial charge in [-0.25, -0.2) is 0 Å². The number of pyridine rings is 1. The average Bonchev–Trinajstić information content (AvgIpc) is 2.46. The molecule has 2 aromatic rings. The van der Waals surface area contributed by atoms with Gasteiger partial charge < -0.3 is 5.32 Å². The van der Waals surface area contributed by atoms with Crippen molar-refractivity contribution in [3.8, 4) is 6.07 Å². The number of aryl methyl sites for hydroxylation is 1. The molecule has 0 saturated carbocycles. The van der Waals surface area contributed by atoms with Crippen LogP contribution in [-0.2, 0) is 11.2 Å². The lowest BCUT2D eigenvalue weighted by Gasteiger charge is -2.05. The summed E-state index contributed by atoms with van der Waals surface area (Å²) in [6.07, 6.45) is 4.50. The number of nitriles is 1. The summed E-state index contributed by atoms with van der Waals surface area (Å²) in [5, 5.41) is 11.6. The molecule has 0 spiro atoms. The van der Waals surface area contributed by atoms with E-state index in [1.807, 2.05) is 18.2 Å². The maximum Gasteiger partial charge on any atom is 0.224 e. The molecule has 0 aliphatic rings. The number of carbonyl (C=O) groups is 1. The maximum atomic E-state index is 11.8. The van der Waals surface area contributed by atoms with Gasteiger partial charge in [0.2, 0.25) is 5.91 Å². The van der Waals surface area contributed by atoms with Crippen LogP contribution in [0.4, 0.5) is 5.69 Å². The molecule has 0 fully saturated rings. The van der Waals surface area contributed by atoms with Crippen molar-refractivity contribution in [2.75, 3.05) is 5.32 Å². The molecule has 19 heavy (non-hydrogen) atoms. The lowest BCUT2D eigenvalue weighted by molar-refractivity contribution is -0.116. The number of aromatic nitrogens is 1. The van der Waals surface area contributed by atoms with Crippen molar-refractivity contribution >= 4 is 11.6 Å². The largest absolute Gasteiger partial charge is 0.326 e. The molecule has 0 aliphatic carbocycles. The number of nitrogens with one attached hydrogen (secondary N) is 1. The van der Waals surface area contributed by atoms with Crippen molar-refractivity contribution < 1.29 is 4.79 Å². The van der Waals surface area contributed by atoms with Crippen LogP contribution in [0, 0.1) is 11.3 Å². The minimum atomic E-state index is -0.0631. The van der Waals surface area contributed by atoms with Crippen molar-refractivity contribution in [2.45, 2.75) is 12.8 Å². The van der Waals surface area contributed by atoms with Crippen LogP contribution < -0.4 is 5.32 Å². The van der Waals surface area contributed by atoms with Gasteiger partial charge in [-0.3, -0.25) is 9.78 Å². The van der Waals surface area contributed by atoms with Gasteiger partial charge in [0.15, 0.2) is 0 Å². The quantitative estimate of drug-likeness (QED) is 0.908. The Morgan fingerprint density at radius 3 is 2.79 bits per heavy atom. The van der Waals surface area contributed by atoms with Gasteiger partial charge in [-0.1, -0.05) is 6.07 Å². The third-order valence-corrected chi connectivity index (χ3v) is 2.67. The zero-order valence-corrected chi connectivity index (χ0v) is 10.3. The molecule has 0 atom stereocenters. The van der Waals surface area contributed by atoms with Crippen LogP contribution in [-0.4, -0.2) is 10.9 Å². The van der Waals surface area contributed by atoms with Gasteiger partial charge >= 0.3 is 0 Å². The standard InChI is InChI=1S/C15H13N3O/c16-11-13-2-1-3-14(10-13)18-15(19)5-4-12-6-8-17-9-7-12/h1-3,6-10H,4-5H2,(H,18,19). The molecular weight excluding hydrogens is 238 g/mol. The topological polar surface area (TPSA) is 65.8 Å². The second kappa shape index (κ2) is 6.31. The van der Waals surface area contributed by atoms with E-state index >= 15 is 0 Å². The van der Waals surface area contributed by atoms with Crippen molar-refractivity contribution in [3.63, 3.8) is 0 Å². The Balaban J connectivity index is 1.89. The SMILES string of the molecule is N#Cc1cccc(NC(=O)CCc2ccncc2)c1. The van der Waals surface area contributed by atoms with Gasteiger partial charge in [0.05, 0.1) is 11.6 Å². The fourth-order valence-corrected chi connectivity index (χ4v) is 1.70. The van der Waals surface area contributed by atoms with Crippen molar-refractivity contribution in [1.82, 2.24) is 4.98 Å². The molecule has 4 nitrogen and oxygen atoms in total. The van der Waals surface area contributed by atoms with E-state index < -0.39 is 0 Å². The Kier molecular flexibility index (Phi) is 4.25.